The maximum absolute atomic E-state index is 12.4. The second-order valence-electron chi connectivity index (χ2n) is 5.47. The SMILES string of the molecule is COc1cc(C(=O)O[C@H](C)C(=O)c2ccc(C)cc2)cc(Cl)c1OC. The van der Waals surface area contributed by atoms with Crippen LogP contribution in [-0.2, 0) is 4.74 Å². The fourth-order valence-corrected chi connectivity index (χ4v) is 2.56. The molecule has 0 aromatic heterocycles. The summed E-state index contributed by atoms with van der Waals surface area (Å²) in [5.41, 5.74) is 1.70. The van der Waals surface area contributed by atoms with Gasteiger partial charge in [-0.2, -0.15) is 0 Å². The van der Waals surface area contributed by atoms with E-state index in [0.29, 0.717) is 17.1 Å². The minimum Gasteiger partial charge on any atom is -0.493 e. The number of hydrogen-bond acceptors (Lipinski definition) is 5. The number of ether oxygens (including phenoxy) is 3. The average Bonchev–Trinajstić information content (AvgIpc) is 2.60. The summed E-state index contributed by atoms with van der Waals surface area (Å²) in [5.74, 6) is -0.320. The van der Waals surface area contributed by atoms with E-state index in [2.05, 4.69) is 0 Å². The van der Waals surface area contributed by atoms with E-state index in [9.17, 15) is 9.59 Å². The molecule has 0 N–H and O–H groups in total. The zero-order valence-corrected chi connectivity index (χ0v) is 15.2. The van der Waals surface area contributed by atoms with E-state index in [1.165, 1.54) is 33.3 Å². The van der Waals surface area contributed by atoms with E-state index in [4.69, 9.17) is 25.8 Å². The van der Waals surface area contributed by atoms with Crippen molar-refractivity contribution in [1.82, 2.24) is 0 Å². The van der Waals surface area contributed by atoms with Crippen molar-refractivity contribution in [2.45, 2.75) is 20.0 Å². The monoisotopic (exact) mass is 362 g/mol. The average molecular weight is 363 g/mol. The molecule has 0 aliphatic carbocycles. The van der Waals surface area contributed by atoms with Crippen LogP contribution in [0.15, 0.2) is 36.4 Å². The van der Waals surface area contributed by atoms with Gasteiger partial charge in [0.2, 0.25) is 5.78 Å². The lowest BCUT2D eigenvalue weighted by Gasteiger charge is -2.14. The molecule has 0 saturated heterocycles. The van der Waals surface area contributed by atoms with Crippen LogP contribution in [0.1, 0.15) is 33.2 Å². The minimum atomic E-state index is -0.929. The number of carbonyl (C=O) groups is 2. The number of hydrogen-bond donors (Lipinski definition) is 0. The fraction of sp³-hybridized carbons (Fsp3) is 0.263. The lowest BCUT2D eigenvalue weighted by Crippen LogP contribution is -2.24. The highest BCUT2D eigenvalue weighted by atomic mass is 35.5. The predicted octanol–water partition coefficient (Wildman–Crippen LogP) is 4.09. The van der Waals surface area contributed by atoms with Crippen LogP contribution in [0.25, 0.3) is 0 Å². The number of benzene rings is 2. The van der Waals surface area contributed by atoms with Crippen LogP contribution in [-0.4, -0.2) is 32.1 Å². The van der Waals surface area contributed by atoms with Gasteiger partial charge in [0.05, 0.1) is 24.8 Å². The first-order valence-corrected chi connectivity index (χ1v) is 7.98. The van der Waals surface area contributed by atoms with Crippen LogP contribution in [0, 0.1) is 6.92 Å². The topological polar surface area (TPSA) is 61.8 Å². The summed E-state index contributed by atoms with van der Waals surface area (Å²) in [7, 11) is 2.89. The van der Waals surface area contributed by atoms with Crippen molar-refractivity contribution in [2.75, 3.05) is 14.2 Å². The Labute approximate surface area is 151 Å². The van der Waals surface area contributed by atoms with E-state index in [1.807, 2.05) is 19.1 Å². The summed E-state index contributed by atoms with van der Waals surface area (Å²) in [6, 6.07) is 9.93. The zero-order chi connectivity index (χ0) is 18.6. The van der Waals surface area contributed by atoms with Gasteiger partial charge in [-0.05, 0) is 26.0 Å². The Morgan fingerprint density at radius 1 is 1.00 bits per heavy atom. The molecule has 0 spiro atoms. The molecule has 25 heavy (non-hydrogen) atoms. The van der Waals surface area contributed by atoms with Crippen LogP contribution < -0.4 is 9.47 Å². The third kappa shape index (κ3) is 4.31. The van der Waals surface area contributed by atoms with Gasteiger partial charge in [0.15, 0.2) is 17.6 Å². The minimum absolute atomic E-state index is 0.172. The number of halogens is 1. The first-order valence-electron chi connectivity index (χ1n) is 7.60. The number of Topliss-reactive ketones (excluding diaryl/α,β-unsaturated/α-hetero) is 1. The van der Waals surface area contributed by atoms with Gasteiger partial charge in [-0.3, -0.25) is 4.79 Å². The quantitative estimate of drug-likeness (QED) is 0.572. The van der Waals surface area contributed by atoms with E-state index >= 15 is 0 Å². The first-order chi connectivity index (χ1) is 11.9. The van der Waals surface area contributed by atoms with Gasteiger partial charge >= 0.3 is 5.97 Å². The molecule has 2 rings (SSSR count). The van der Waals surface area contributed by atoms with Crippen molar-refractivity contribution < 1.29 is 23.8 Å². The molecule has 0 aliphatic heterocycles. The summed E-state index contributed by atoms with van der Waals surface area (Å²) in [6.45, 7) is 3.46. The Balaban J connectivity index is 2.17. The first kappa shape index (κ1) is 18.8. The highest BCUT2D eigenvalue weighted by Crippen LogP contribution is 2.36. The summed E-state index contributed by atoms with van der Waals surface area (Å²) in [5, 5.41) is 0.214. The maximum Gasteiger partial charge on any atom is 0.339 e. The molecule has 0 aliphatic rings. The standard InChI is InChI=1S/C19H19ClO5/c1-11-5-7-13(8-6-11)17(21)12(2)25-19(22)14-9-15(20)18(24-4)16(10-14)23-3/h5-10,12H,1-4H3/t12-/m1/s1. The van der Waals surface area contributed by atoms with Crippen molar-refractivity contribution in [3.05, 3.63) is 58.1 Å². The van der Waals surface area contributed by atoms with Gasteiger partial charge in [-0.15, -0.1) is 0 Å². The molecule has 1 atom stereocenters. The highest BCUT2D eigenvalue weighted by molar-refractivity contribution is 6.32. The molecule has 132 valence electrons. The Morgan fingerprint density at radius 2 is 1.64 bits per heavy atom. The molecule has 0 heterocycles. The molecule has 0 amide bonds. The van der Waals surface area contributed by atoms with E-state index in [-0.39, 0.29) is 16.4 Å². The van der Waals surface area contributed by atoms with Crippen molar-refractivity contribution in [2.24, 2.45) is 0 Å². The van der Waals surface area contributed by atoms with Crippen molar-refractivity contribution >= 4 is 23.4 Å². The van der Waals surface area contributed by atoms with E-state index < -0.39 is 12.1 Å². The van der Waals surface area contributed by atoms with E-state index in [0.717, 1.165) is 5.56 Å². The molecule has 0 unspecified atom stereocenters. The fourth-order valence-electron chi connectivity index (χ4n) is 2.27. The van der Waals surface area contributed by atoms with E-state index in [1.54, 1.807) is 12.1 Å². The normalized spacial score (nSPS) is 11.6. The van der Waals surface area contributed by atoms with Gasteiger partial charge in [0, 0.05) is 5.56 Å². The number of ketones is 1. The predicted molar refractivity (Wildman–Crippen MR) is 94.9 cm³/mol. The molecular formula is C19H19ClO5. The van der Waals surface area contributed by atoms with Gasteiger partial charge < -0.3 is 14.2 Å². The van der Waals surface area contributed by atoms with Crippen molar-refractivity contribution in [1.29, 1.82) is 0 Å². The van der Waals surface area contributed by atoms with Crippen LogP contribution >= 0.6 is 11.6 Å². The van der Waals surface area contributed by atoms with Gasteiger partial charge in [0.1, 0.15) is 0 Å². The van der Waals surface area contributed by atoms with Crippen LogP contribution in [0.5, 0.6) is 11.5 Å². The van der Waals surface area contributed by atoms with Crippen molar-refractivity contribution in [3.8, 4) is 11.5 Å². The number of esters is 1. The second-order valence-corrected chi connectivity index (χ2v) is 5.88. The molecule has 5 nitrogen and oxygen atoms in total. The van der Waals surface area contributed by atoms with Crippen LogP contribution in [0.4, 0.5) is 0 Å². The number of rotatable bonds is 6. The summed E-state index contributed by atoms with van der Waals surface area (Å²) in [4.78, 5) is 24.7. The van der Waals surface area contributed by atoms with Crippen LogP contribution in [0.2, 0.25) is 5.02 Å². The largest absolute Gasteiger partial charge is 0.493 e. The lowest BCUT2D eigenvalue weighted by molar-refractivity contribution is 0.0318. The lowest BCUT2D eigenvalue weighted by atomic mass is 10.1. The number of aryl methyl sites for hydroxylation is 1. The highest BCUT2D eigenvalue weighted by Gasteiger charge is 2.22. The molecule has 6 heteroatoms. The second kappa shape index (κ2) is 8.03. The molecule has 0 saturated carbocycles. The third-order valence-corrected chi connectivity index (χ3v) is 3.94. The van der Waals surface area contributed by atoms with Gasteiger partial charge in [-0.25, -0.2) is 4.79 Å². The Morgan fingerprint density at radius 3 is 2.20 bits per heavy atom. The molecule has 2 aromatic carbocycles. The Bertz CT molecular complexity index is 783. The summed E-state index contributed by atoms with van der Waals surface area (Å²) in [6.07, 6.45) is -0.929. The zero-order valence-electron chi connectivity index (χ0n) is 14.5. The molecular weight excluding hydrogens is 344 g/mol. The molecule has 0 bridgehead atoms. The number of methoxy groups -OCH3 is 2. The molecule has 2 aromatic rings. The molecule has 0 fully saturated rings. The maximum atomic E-state index is 12.4. The van der Waals surface area contributed by atoms with Gasteiger partial charge in [-0.1, -0.05) is 41.4 Å². The Hall–Kier alpha value is -2.53. The number of carbonyl (C=O) groups excluding carboxylic acids is 2. The summed E-state index contributed by atoms with van der Waals surface area (Å²) >= 11 is 6.09. The smallest absolute Gasteiger partial charge is 0.339 e. The van der Waals surface area contributed by atoms with Crippen LogP contribution in [0.3, 0.4) is 0 Å². The summed E-state index contributed by atoms with van der Waals surface area (Å²) < 4.78 is 15.5. The van der Waals surface area contributed by atoms with Crippen molar-refractivity contribution in [3.63, 3.8) is 0 Å². The van der Waals surface area contributed by atoms with Gasteiger partial charge in [0.25, 0.3) is 0 Å². The third-order valence-electron chi connectivity index (χ3n) is 3.66. The Kier molecular flexibility index (Phi) is 6.04. The molecule has 0 radical (unpaired) electrons.